The summed E-state index contributed by atoms with van der Waals surface area (Å²) in [7, 11) is 0. The molecule has 2 aliphatic heterocycles. The first-order valence-electron chi connectivity index (χ1n) is 9.22. The van der Waals surface area contributed by atoms with Crippen LogP contribution in [0.25, 0.3) is 11.4 Å². The third-order valence-corrected chi connectivity index (χ3v) is 5.34. The first-order chi connectivity index (χ1) is 12.2. The van der Waals surface area contributed by atoms with Crippen LogP contribution < -0.4 is 15.9 Å². The van der Waals surface area contributed by atoms with Crippen molar-refractivity contribution in [1.82, 2.24) is 16.0 Å². The number of para-hydroxylation sites is 1. The minimum atomic E-state index is 0.398. The van der Waals surface area contributed by atoms with Gasteiger partial charge in [-0.15, -0.1) is 5.53 Å². The zero-order valence-corrected chi connectivity index (χ0v) is 15.2. The zero-order chi connectivity index (χ0) is 17.4. The third-order valence-electron chi connectivity index (χ3n) is 5.34. The number of anilines is 1. The van der Waals surface area contributed by atoms with E-state index in [1.54, 1.807) is 0 Å². The molecular weight excluding hydrogens is 308 g/mol. The largest absolute Gasteiger partial charge is 0.367 e. The van der Waals surface area contributed by atoms with Gasteiger partial charge in [-0.25, -0.2) is 0 Å². The van der Waals surface area contributed by atoms with Gasteiger partial charge in [0.05, 0.1) is 11.4 Å². The quantitative estimate of drug-likeness (QED) is 0.889. The summed E-state index contributed by atoms with van der Waals surface area (Å²) in [5.74, 6) is 0. The number of fused-ring (bicyclic) bond motifs is 4. The molecule has 1 atom stereocenters. The van der Waals surface area contributed by atoms with E-state index in [0.29, 0.717) is 6.04 Å². The average molecular weight is 334 g/mol. The normalized spacial score (nSPS) is 17.2. The van der Waals surface area contributed by atoms with Gasteiger partial charge in [0.15, 0.2) is 0 Å². The van der Waals surface area contributed by atoms with Gasteiger partial charge in [0.2, 0.25) is 0 Å². The number of rotatable bonds is 3. The van der Waals surface area contributed by atoms with Crippen molar-refractivity contribution in [2.75, 3.05) is 11.4 Å². The molecule has 2 aromatic carbocycles. The van der Waals surface area contributed by atoms with Crippen molar-refractivity contribution in [3.63, 3.8) is 0 Å². The highest BCUT2D eigenvalue weighted by molar-refractivity contribution is 5.95. The second-order valence-electron chi connectivity index (χ2n) is 6.78. The molecule has 0 bridgehead atoms. The van der Waals surface area contributed by atoms with Gasteiger partial charge in [-0.1, -0.05) is 49.4 Å². The maximum Gasteiger partial charge on any atom is 0.0885 e. The van der Waals surface area contributed by atoms with Crippen molar-refractivity contribution in [2.45, 2.75) is 39.8 Å². The Kier molecular flexibility index (Phi) is 4.14. The summed E-state index contributed by atoms with van der Waals surface area (Å²) in [4.78, 5) is 2.46. The predicted octanol–water partition coefficient (Wildman–Crippen LogP) is 3.98. The molecular formula is C21H26N4. The van der Waals surface area contributed by atoms with Crippen LogP contribution in [0.4, 0.5) is 5.69 Å². The number of hydrogen-bond acceptors (Lipinski definition) is 4. The second-order valence-corrected chi connectivity index (χ2v) is 6.78. The number of hydrogen-bond donors (Lipinski definition) is 2. The third kappa shape index (κ3) is 2.57. The molecule has 2 aromatic rings. The Balaban J connectivity index is 2.00. The predicted molar refractivity (Wildman–Crippen MR) is 104 cm³/mol. The Bertz CT molecular complexity index is 811. The van der Waals surface area contributed by atoms with E-state index in [1.165, 1.54) is 33.8 Å². The van der Waals surface area contributed by atoms with Gasteiger partial charge in [0.1, 0.15) is 0 Å². The van der Waals surface area contributed by atoms with Crippen LogP contribution in [-0.4, -0.2) is 17.6 Å². The van der Waals surface area contributed by atoms with Gasteiger partial charge in [-0.2, -0.15) is 0 Å². The van der Waals surface area contributed by atoms with Crippen LogP contribution in [0, 0.1) is 0 Å². The van der Waals surface area contributed by atoms with E-state index in [-0.39, 0.29) is 0 Å². The highest BCUT2D eigenvalue weighted by Crippen LogP contribution is 2.40. The Labute approximate surface area is 150 Å². The number of hydrazine groups is 2. The summed E-state index contributed by atoms with van der Waals surface area (Å²) in [6.45, 7) is 8.62. The summed E-state index contributed by atoms with van der Waals surface area (Å²) in [5.41, 5.74) is 14.5. The van der Waals surface area contributed by atoms with Crippen LogP contribution in [-0.2, 0) is 6.54 Å². The molecule has 25 heavy (non-hydrogen) atoms. The van der Waals surface area contributed by atoms with Crippen molar-refractivity contribution in [3.05, 3.63) is 65.2 Å². The van der Waals surface area contributed by atoms with E-state index < -0.39 is 0 Å². The minimum absolute atomic E-state index is 0.398. The van der Waals surface area contributed by atoms with Crippen LogP contribution in [0.1, 0.15) is 43.9 Å². The molecule has 1 unspecified atom stereocenters. The monoisotopic (exact) mass is 334 g/mol. The molecule has 2 N–H and O–H groups in total. The molecule has 2 aliphatic rings. The lowest BCUT2D eigenvalue weighted by Gasteiger charge is -2.33. The maximum absolute atomic E-state index is 3.46. The molecule has 0 saturated heterocycles. The Morgan fingerprint density at radius 1 is 1.00 bits per heavy atom. The fraction of sp³-hybridized carbons (Fsp3) is 0.333. The van der Waals surface area contributed by atoms with E-state index in [2.05, 4.69) is 90.2 Å². The molecule has 0 aromatic heterocycles. The van der Waals surface area contributed by atoms with Gasteiger partial charge in [0.25, 0.3) is 0 Å². The van der Waals surface area contributed by atoms with E-state index in [1.807, 2.05) is 0 Å². The Morgan fingerprint density at radius 3 is 2.48 bits per heavy atom. The molecule has 4 heteroatoms. The molecule has 0 radical (unpaired) electrons. The van der Waals surface area contributed by atoms with Crippen molar-refractivity contribution in [3.8, 4) is 0 Å². The van der Waals surface area contributed by atoms with E-state index >= 15 is 0 Å². The molecule has 4 rings (SSSR count). The summed E-state index contributed by atoms with van der Waals surface area (Å²) in [6, 6.07) is 17.9. The summed E-state index contributed by atoms with van der Waals surface area (Å²) in [6.07, 6.45) is 1.08. The molecule has 2 heterocycles. The molecule has 0 saturated carbocycles. The fourth-order valence-electron chi connectivity index (χ4n) is 3.75. The molecule has 0 spiro atoms. The number of benzene rings is 2. The van der Waals surface area contributed by atoms with Crippen molar-refractivity contribution >= 4 is 17.1 Å². The first-order valence-corrected chi connectivity index (χ1v) is 9.22. The summed E-state index contributed by atoms with van der Waals surface area (Å²) < 4.78 is 0. The topological polar surface area (TPSA) is 30.5 Å². The van der Waals surface area contributed by atoms with E-state index in [0.717, 1.165) is 19.5 Å². The maximum atomic E-state index is 3.46. The lowest BCUT2D eigenvalue weighted by molar-refractivity contribution is 0.219. The van der Waals surface area contributed by atoms with Crippen molar-refractivity contribution < 1.29 is 0 Å². The highest BCUT2D eigenvalue weighted by atomic mass is 15.7. The highest BCUT2D eigenvalue weighted by Gasteiger charge is 2.32. The van der Waals surface area contributed by atoms with Crippen LogP contribution >= 0.6 is 0 Å². The number of nitrogens with zero attached hydrogens (tertiary/aromatic N) is 2. The smallest absolute Gasteiger partial charge is 0.0885 e. The van der Waals surface area contributed by atoms with Gasteiger partial charge < -0.3 is 10.3 Å². The molecule has 130 valence electrons. The molecule has 0 fully saturated rings. The van der Waals surface area contributed by atoms with E-state index in [9.17, 15) is 0 Å². The SMILES string of the molecule is CCC(C)N1NNC2=C1c1ccccc1N(CC)Cc1ccccc12. The van der Waals surface area contributed by atoms with Crippen LogP contribution in [0.2, 0.25) is 0 Å². The van der Waals surface area contributed by atoms with Crippen LogP contribution in [0.5, 0.6) is 0 Å². The minimum Gasteiger partial charge on any atom is -0.367 e. The van der Waals surface area contributed by atoms with Gasteiger partial charge in [-0.3, -0.25) is 5.01 Å². The lowest BCUT2D eigenvalue weighted by Crippen LogP contribution is -2.42. The zero-order valence-electron chi connectivity index (χ0n) is 15.2. The summed E-state index contributed by atoms with van der Waals surface area (Å²) >= 11 is 0. The van der Waals surface area contributed by atoms with E-state index in [4.69, 9.17) is 0 Å². The first kappa shape index (κ1) is 16.0. The molecule has 4 nitrogen and oxygen atoms in total. The fourth-order valence-corrected chi connectivity index (χ4v) is 3.75. The van der Waals surface area contributed by atoms with Crippen LogP contribution in [0.3, 0.4) is 0 Å². The Morgan fingerprint density at radius 2 is 1.72 bits per heavy atom. The van der Waals surface area contributed by atoms with Gasteiger partial charge >= 0.3 is 0 Å². The summed E-state index contributed by atoms with van der Waals surface area (Å²) in [5, 5.41) is 2.28. The molecule has 0 aliphatic carbocycles. The number of nitrogens with one attached hydrogen (secondary N) is 2. The molecule has 0 amide bonds. The Hall–Kier alpha value is -2.46. The average Bonchev–Trinajstić information content (AvgIpc) is 3.09. The van der Waals surface area contributed by atoms with Gasteiger partial charge in [-0.05, 0) is 31.9 Å². The second kappa shape index (κ2) is 6.45. The van der Waals surface area contributed by atoms with Gasteiger partial charge in [0, 0.05) is 35.9 Å². The van der Waals surface area contributed by atoms with Crippen molar-refractivity contribution in [1.29, 1.82) is 0 Å². The lowest BCUT2D eigenvalue weighted by atomic mass is 9.95. The van der Waals surface area contributed by atoms with Crippen LogP contribution in [0.15, 0.2) is 48.5 Å². The van der Waals surface area contributed by atoms with Crippen molar-refractivity contribution in [2.24, 2.45) is 0 Å². The standard InChI is InChI=1S/C21H26N4/c1-4-15(3)25-21-18-12-8-9-13-19(18)24(5-2)14-16-10-6-7-11-17(16)20(21)22-23-25/h6-13,15,22-23H,4-5,14H2,1-3H3.